The van der Waals surface area contributed by atoms with E-state index in [0.717, 1.165) is 0 Å². The van der Waals surface area contributed by atoms with Gasteiger partial charge in [-0.25, -0.2) is 0 Å². The maximum absolute atomic E-state index is 2.33. The van der Waals surface area contributed by atoms with E-state index in [4.69, 9.17) is 0 Å². The van der Waals surface area contributed by atoms with E-state index < -0.39 is 0 Å². The van der Waals surface area contributed by atoms with Crippen LogP contribution in [0.2, 0.25) is 0 Å². The molecule has 0 aromatic heterocycles. The average Bonchev–Trinajstić information content (AvgIpc) is 3.10. The summed E-state index contributed by atoms with van der Waals surface area (Å²) in [6.45, 7) is 0. The molecule has 2 heteroatoms. The van der Waals surface area contributed by atoms with Gasteiger partial charge >= 0.3 is 0 Å². The summed E-state index contributed by atoms with van der Waals surface area (Å²) in [4.78, 5) is 0. The van der Waals surface area contributed by atoms with Crippen molar-refractivity contribution in [1.29, 1.82) is 0 Å². The SMILES string of the molecule is c1ccc(P(CCCCCCCCCCCCCCCCCCCP(c2ccccc2)c2ccccc2)c2ccccc2)cc1. The third-order valence-electron chi connectivity index (χ3n) is 9.03. The Hall–Kier alpha value is -2.26. The fourth-order valence-electron chi connectivity index (χ4n) is 6.44. The van der Waals surface area contributed by atoms with Gasteiger partial charge in [-0.1, -0.05) is 218 Å². The summed E-state index contributed by atoms with van der Waals surface area (Å²) in [7, 11) is -0.424. The minimum absolute atomic E-state index is 0.212. The molecule has 0 radical (unpaired) electrons. The minimum Gasteiger partial charge on any atom is -0.0622 e. The van der Waals surface area contributed by atoms with Crippen LogP contribution in [0, 0.1) is 0 Å². The van der Waals surface area contributed by atoms with Gasteiger partial charge in [-0.05, 0) is 62.2 Å². The van der Waals surface area contributed by atoms with Crippen molar-refractivity contribution in [3.63, 3.8) is 0 Å². The molecule has 4 aromatic carbocycles. The van der Waals surface area contributed by atoms with Crippen molar-refractivity contribution in [3.05, 3.63) is 121 Å². The fraction of sp³-hybridized carbons (Fsp3) is 0.442. The largest absolute Gasteiger partial charge is 0.0622 e. The molecular weight excluding hydrogens is 578 g/mol. The van der Waals surface area contributed by atoms with Gasteiger partial charge in [0.2, 0.25) is 0 Å². The molecule has 0 heterocycles. The summed E-state index contributed by atoms with van der Waals surface area (Å²) in [5.74, 6) is 0. The second kappa shape index (κ2) is 23.1. The van der Waals surface area contributed by atoms with Gasteiger partial charge in [0, 0.05) is 0 Å². The zero-order valence-electron chi connectivity index (χ0n) is 27.9. The van der Waals surface area contributed by atoms with Crippen molar-refractivity contribution in [3.8, 4) is 0 Å². The molecule has 0 amide bonds. The fourth-order valence-corrected chi connectivity index (χ4v) is 11.3. The standard InChI is InChI=1S/C43H58P2/c1(2-4-6-8-10-12-14-28-38-44(40-30-20-16-21-31-40)41-32-22-17-23-33-41)3-5-7-9-11-13-15-29-39-45(42-34-24-18-25-35-42)43-36-26-19-27-37-43/h16-27,30-37H,1-15,28-29,38-39H2. The molecule has 0 aliphatic heterocycles. The van der Waals surface area contributed by atoms with Crippen LogP contribution in [0.3, 0.4) is 0 Å². The van der Waals surface area contributed by atoms with Crippen LogP contribution in [-0.4, -0.2) is 12.3 Å². The van der Waals surface area contributed by atoms with E-state index >= 15 is 0 Å². The Bertz CT molecular complexity index is 1050. The molecule has 0 bridgehead atoms. The van der Waals surface area contributed by atoms with Gasteiger partial charge in [0.1, 0.15) is 0 Å². The number of rotatable bonds is 24. The van der Waals surface area contributed by atoms with Gasteiger partial charge in [-0.2, -0.15) is 0 Å². The summed E-state index contributed by atoms with van der Waals surface area (Å²) in [5.41, 5.74) is 0. The molecular formula is C43H58P2. The highest BCUT2D eigenvalue weighted by molar-refractivity contribution is 7.73. The molecule has 0 spiro atoms. The van der Waals surface area contributed by atoms with Gasteiger partial charge in [-0.15, -0.1) is 0 Å². The second-order valence-corrected chi connectivity index (χ2v) is 17.3. The monoisotopic (exact) mass is 636 g/mol. The first kappa shape index (κ1) is 35.6. The van der Waals surface area contributed by atoms with Gasteiger partial charge < -0.3 is 0 Å². The van der Waals surface area contributed by atoms with Gasteiger partial charge in [0.25, 0.3) is 0 Å². The Morgan fingerprint density at radius 1 is 0.222 bits per heavy atom. The molecule has 0 nitrogen and oxygen atoms in total. The molecule has 0 unspecified atom stereocenters. The Kier molecular flexibility index (Phi) is 18.3. The summed E-state index contributed by atoms with van der Waals surface area (Å²) in [6, 6.07) is 44.8. The summed E-state index contributed by atoms with van der Waals surface area (Å²) >= 11 is 0. The normalized spacial score (nSPS) is 11.4. The molecule has 4 aromatic rings. The van der Waals surface area contributed by atoms with Gasteiger partial charge in [0.05, 0.1) is 0 Å². The maximum Gasteiger partial charge on any atom is -0.0195 e. The number of hydrogen-bond donors (Lipinski definition) is 0. The van der Waals surface area contributed by atoms with E-state index in [1.807, 2.05) is 0 Å². The van der Waals surface area contributed by atoms with Crippen LogP contribution < -0.4 is 21.2 Å². The van der Waals surface area contributed by atoms with E-state index in [9.17, 15) is 0 Å². The van der Waals surface area contributed by atoms with Crippen molar-refractivity contribution in [2.45, 2.75) is 109 Å². The Morgan fingerprint density at radius 3 is 0.600 bits per heavy atom. The Balaban J connectivity index is 0.927. The van der Waals surface area contributed by atoms with E-state index in [1.54, 1.807) is 0 Å². The van der Waals surface area contributed by atoms with Crippen molar-refractivity contribution in [2.75, 3.05) is 12.3 Å². The Labute approximate surface area is 279 Å². The smallest absolute Gasteiger partial charge is 0.0195 e. The van der Waals surface area contributed by atoms with Crippen LogP contribution in [0.1, 0.15) is 109 Å². The topological polar surface area (TPSA) is 0 Å². The first-order valence-corrected chi connectivity index (χ1v) is 21.2. The molecule has 0 N–H and O–H groups in total. The summed E-state index contributed by atoms with van der Waals surface area (Å²) in [6.07, 6.45) is 26.8. The molecule has 4 rings (SSSR count). The highest BCUT2D eigenvalue weighted by Crippen LogP contribution is 2.36. The highest BCUT2D eigenvalue weighted by atomic mass is 31.1. The summed E-state index contributed by atoms with van der Waals surface area (Å²) < 4.78 is 0. The van der Waals surface area contributed by atoms with Crippen LogP contribution in [0.15, 0.2) is 121 Å². The molecule has 240 valence electrons. The molecule has 0 fully saturated rings. The van der Waals surface area contributed by atoms with E-state index in [1.165, 1.54) is 143 Å². The van der Waals surface area contributed by atoms with Crippen molar-refractivity contribution >= 4 is 37.1 Å². The predicted molar refractivity (Wildman–Crippen MR) is 206 cm³/mol. The van der Waals surface area contributed by atoms with Crippen LogP contribution >= 0.6 is 15.8 Å². The second-order valence-electron chi connectivity index (χ2n) is 12.7. The highest BCUT2D eigenvalue weighted by Gasteiger charge is 2.13. The zero-order valence-corrected chi connectivity index (χ0v) is 29.7. The predicted octanol–water partition coefficient (Wildman–Crippen LogP) is 11.9. The lowest BCUT2D eigenvalue weighted by atomic mass is 10.0. The lowest BCUT2D eigenvalue weighted by molar-refractivity contribution is 0.529. The first-order valence-electron chi connectivity index (χ1n) is 18.2. The maximum atomic E-state index is 2.33. The van der Waals surface area contributed by atoms with E-state index in [0.29, 0.717) is 0 Å². The van der Waals surface area contributed by atoms with Crippen LogP contribution in [0.4, 0.5) is 0 Å². The third-order valence-corrected chi connectivity index (χ3v) is 14.2. The molecule has 0 atom stereocenters. The minimum atomic E-state index is -0.212. The van der Waals surface area contributed by atoms with Gasteiger partial charge in [-0.3, -0.25) is 0 Å². The zero-order chi connectivity index (χ0) is 31.0. The van der Waals surface area contributed by atoms with Crippen LogP contribution in [0.5, 0.6) is 0 Å². The van der Waals surface area contributed by atoms with Crippen molar-refractivity contribution < 1.29 is 0 Å². The molecule has 0 aliphatic rings. The van der Waals surface area contributed by atoms with Crippen LogP contribution in [0.25, 0.3) is 0 Å². The summed E-state index contributed by atoms with van der Waals surface area (Å²) in [5, 5.41) is 6.12. The van der Waals surface area contributed by atoms with Crippen molar-refractivity contribution in [2.24, 2.45) is 0 Å². The quantitative estimate of drug-likeness (QED) is 0.0530. The van der Waals surface area contributed by atoms with Gasteiger partial charge in [0.15, 0.2) is 0 Å². The average molecular weight is 637 g/mol. The third kappa shape index (κ3) is 14.4. The van der Waals surface area contributed by atoms with E-state index in [2.05, 4.69) is 121 Å². The molecule has 0 saturated carbocycles. The number of benzene rings is 4. The van der Waals surface area contributed by atoms with Crippen LogP contribution in [-0.2, 0) is 0 Å². The Morgan fingerprint density at radius 2 is 0.400 bits per heavy atom. The molecule has 45 heavy (non-hydrogen) atoms. The first-order chi connectivity index (χ1) is 22.4. The van der Waals surface area contributed by atoms with Crippen molar-refractivity contribution in [1.82, 2.24) is 0 Å². The molecule has 0 aliphatic carbocycles. The lowest BCUT2D eigenvalue weighted by Crippen LogP contribution is -2.13. The van der Waals surface area contributed by atoms with E-state index in [-0.39, 0.29) is 15.8 Å². The number of unbranched alkanes of at least 4 members (excludes halogenated alkanes) is 16. The number of hydrogen-bond acceptors (Lipinski definition) is 0. The lowest BCUT2D eigenvalue weighted by Gasteiger charge is -2.18. The molecule has 0 saturated heterocycles.